The van der Waals surface area contributed by atoms with E-state index in [9.17, 15) is 0 Å². The number of hydrogen-bond acceptors (Lipinski definition) is 5. The minimum Gasteiger partial charge on any atom is -0.472 e. The minimum atomic E-state index is -0.136. The van der Waals surface area contributed by atoms with Gasteiger partial charge in [-0.1, -0.05) is 0 Å². The molecule has 0 unspecified atom stereocenters. The summed E-state index contributed by atoms with van der Waals surface area (Å²) < 4.78 is 17.4. The molecule has 2 aliphatic heterocycles. The molecule has 1 spiro atoms. The van der Waals surface area contributed by atoms with E-state index in [-0.39, 0.29) is 5.60 Å². The molecule has 0 radical (unpaired) electrons. The predicted molar refractivity (Wildman–Crippen MR) is 89.4 cm³/mol. The van der Waals surface area contributed by atoms with Crippen LogP contribution in [-0.2, 0) is 16.0 Å². The van der Waals surface area contributed by atoms with Crippen molar-refractivity contribution >= 4 is 0 Å². The van der Waals surface area contributed by atoms with E-state index in [0.717, 1.165) is 52.4 Å². The summed E-state index contributed by atoms with van der Waals surface area (Å²) in [5.74, 6) is 0.597. The molecule has 2 saturated heterocycles. The first-order valence-electron chi connectivity index (χ1n) is 8.72. The maximum absolute atomic E-state index is 6.29. The molecule has 2 atom stereocenters. The van der Waals surface area contributed by atoms with Crippen molar-refractivity contribution in [1.82, 2.24) is 9.80 Å². The predicted octanol–water partition coefficient (Wildman–Crippen LogP) is 2.23. The molecule has 0 saturated carbocycles. The van der Waals surface area contributed by atoms with E-state index in [4.69, 9.17) is 13.9 Å². The molecule has 23 heavy (non-hydrogen) atoms. The van der Waals surface area contributed by atoms with Gasteiger partial charge in [0.25, 0.3) is 0 Å². The third-order valence-corrected chi connectivity index (χ3v) is 5.13. The first-order chi connectivity index (χ1) is 11.1. The van der Waals surface area contributed by atoms with Crippen LogP contribution in [0.4, 0.5) is 0 Å². The van der Waals surface area contributed by atoms with Gasteiger partial charge in [-0.2, -0.15) is 0 Å². The normalized spacial score (nSPS) is 29.7. The van der Waals surface area contributed by atoms with Gasteiger partial charge in [-0.15, -0.1) is 0 Å². The van der Waals surface area contributed by atoms with Crippen LogP contribution in [0, 0.1) is 5.92 Å². The zero-order chi connectivity index (χ0) is 16.3. The Morgan fingerprint density at radius 3 is 3.04 bits per heavy atom. The Morgan fingerprint density at radius 1 is 1.43 bits per heavy atom. The van der Waals surface area contributed by atoms with E-state index >= 15 is 0 Å². The fourth-order valence-electron chi connectivity index (χ4n) is 3.64. The molecule has 3 heterocycles. The van der Waals surface area contributed by atoms with Gasteiger partial charge in [0.2, 0.25) is 0 Å². The summed E-state index contributed by atoms with van der Waals surface area (Å²) in [5, 5.41) is 0. The lowest BCUT2D eigenvalue weighted by atomic mass is 9.93. The highest BCUT2D eigenvalue weighted by Gasteiger charge is 2.43. The highest BCUT2D eigenvalue weighted by Crippen LogP contribution is 2.33. The van der Waals surface area contributed by atoms with E-state index < -0.39 is 0 Å². The van der Waals surface area contributed by atoms with Crippen LogP contribution < -0.4 is 0 Å². The summed E-state index contributed by atoms with van der Waals surface area (Å²) in [5.41, 5.74) is 1.08. The molecule has 1 aromatic rings. The van der Waals surface area contributed by atoms with E-state index in [2.05, 4.69) is 30.7 Å². The molecular formula is C18H30N2O3. The standard InChI is InChI=1S/C18H30N2O3/c1-15(2)19(3)9-17-8-18(23-12-17)13-20(5-7-22-14-18)10-16-4-6-21-11-16/h4,6,11,15,17H,5,7-10,12-14H2,1-3H3/t17-,18+/m0/s1. The quantitative estimate of drug-likeness (QED) is 0.831. The van der Waals surface area contributed by atoms with E-state index in [1.807, 2.05) is 12.3 Å². The van der Waals surface area contributed by atoms with Crippen LogP contribution in [0.3, 0.4) is 0 Å². The summed E-state index contributed by atoms with van der Waals surface area (Å²) in [6.45, 7) is 10.7. The smallest absolute Gasteiger partial charge is 0.104 e. The topological polar surface area (TPSA) is 38.1 Å². The summed E-state index contributed by atoms with van der Waals surface area (Å²) >= 11 is 0. The Hall–Kier alpha value is -0.880. The number of furan rings is 1. The second-order valence-corrected chi connectivity index (χ2v) is 7.49. The molecule has 130 valence electrons. The maximum atomic E-state index is 6.29. The van der Waals surface area contributed by atoms with Crippen molar-refractivity contribution in [3.63, 3.8) is 0 Å². The zero-order valence-electron chi connectivity index (χ0n) is 14.7. The van der Waals surface area contributed by atoms with Crippen LogP contribution in [0.5, 0.6) is 0 Å². The van der Waals surface area contributed by atoms with E-state index in [1.54, 1.807) is 6.26 Å². The molecule has 0 aliphatic carbocycles. The molecule has 0 N–H and O–H groups in total. The van der Waals surface area contributed by atoms with Crippen LogP contribution in [0.2, 0.25) is 0 Å². The van der Waals surface area contributed by atoms with Crippen LogP contribution in [0.15, 0.2) is 23.0 Å². The van der Waals surface area contributed by atoms with Crippen LogP contribution >= 0.6 is 0 Å². The van der Waals surface area contributed by atoms with Crippen LogP contribution in [-0.4, -0.2) is 67.9 Å². The average Bonchev–Trinajstić information content (AvgIpc) is 3.09. The Kier molecular flexibility index (Phi) is 5.42. The number of rotatable bonds is 5. The van der Waals surface area contributed by atoms with Crippen molar-refractivity contribution in [3.8, 4) is 0 Å². The number of ether oxygens (including phenoxy) is 2. The molecule has 0 bridgehead atoms. The molecule has 3 rings (SSSR count). The highest BCUT2D eigenvalue weighted by molar-refractivity contribution is 5.06. The van der Waals surface area contributed by atoms with Gasteiger partial charge < -0.3 is 18.8 Å². The monoisotopic (exact) mass is 322 g/mol. The minimum absolute atomic E-state index is 0.136. The van der Waals surface area contributed by atoms with Crippen molar-refractivity contribution in [2.24, 2.45) is 5.92 Å². The number of hydrogen-bond donors (Lipinski definition) is 0. The molecular weight excluding hydrogens is 292 g/mol. The van der Waals surface area contributed by atoms with Gasteiger partial charge >= 0.3 is 0 Å². The van der Waals surface area contributed by atoms with Crippen LogP contribution in [0.1, 0.15) is 25.8 Å². The molecule has 0 amide bonds. The first-order valence-corrected chi connectivity index (χ1v) is 8.72. The largest absolute Gasteiger partial charge is 0.472 e. The second kappa shape index (κ2) is 7.34. The van der Waals surface area contributed by atoms with Crippen LogP contribution in [0.25, 0.3) is 0 Å². The summed E-state index contributed by atoms with van der Waals surface area (Å²) in [4.78, 5) is 4.85. The Balaban J connectivity index is 1.59. The van der Waals surface area contributed by atoms with Gasteiger partial charge in [0, 0.05) is 37.8 Å². The fraction of sp³-hybridized carbons (Fsp3) is 0.778. The summed E-state index contributed by atoms with van der Waals surface area (Å²) in [6, 6.07) is 2.61. The first kappa shape index (κ1) is 17.0. The molecule has 5 heteroatoms. The van der Waals surface area contributed by atoms with Gasteiger partial charge in [-0.25, -0.2) is 0 Å². The lowest BCUT2D eigenvalue weighted by Gasteiger charge is -2.31. The molecule has 5 nitrogen and oxygen atoms in total. The Morgan fingerprint density at radius 2 is 2.30 bits per heavy atom. The Labute approximate surface area is 139 Å². The molecule has 2 fully saturated rings. The zero-order valence-corrected chi connectivity index (χ0v) is 14.7. The van der Waals surface area contributed by atoms with Crippen molar-refractivity contribution in [2.75, 3.05) is 46.5 Å². The van der Waals surface area contributed by atoms with E-state index in [1.165, 1.54) is 5.56 Å². The summed E-state index contributed by atoms with van der Waals surface area (Å²) in [6.07, 6.45) is 4.66. The lowest BCUT2D eigenvalue weighted by Crippen LogP contribution is -2.44. The maximum Gasteiger partial charge on any atom is 0.104 e. The third-order valence-electron chi connectivity index (χ3n) is 5.13. The highest BCUT2D eigenvalue weighted by atomic mass is 16.5. The van der Waals surface area contributed by atoms with Gasteiger partial charge in [-0.05, 0) is 39.3 Å². The molecule has 0 aromatic carbocycles. The fourth-order valence-corrected chi connectivity index (χ4v) is 3.64. The van der Waals surface area contributed by atoms with Crippen molar-refractivity contribution in [1.29, 1.82) is 0 Å². The van der Waals surface area contributed by atoms with Crippen molar-refractivity contribution < 1.29 is 13.9 Å². The van der Waals surface area contributed by atoms with Gasteiger partial charge in [-0.3, -0.25) is 4.90 Å². The van der Waals surface area contributed by atoms with Gasteiger partial charge in [0.05, 0.1) is 32.3 Å². The summed E-state index contributed by atoms with van der Waals surface area (Å²) in [7, 11) is 2.20. The SMILES string of the molecule is CC(C)N(C)C[C@H]1CO[C@]2(COCCN(Cc3ccoc3)C2)C1. The lowest BCUT2D eigenvalue weighted by molar-refractivity contribution is -0.0563. The van der Waals surface area contributed by atoms with Gasteiger partial charge in [0.1, 0.15) is 5.60 Å². The third kappa shape index (κ3) is 4.35. The molecule has 1 aromatic heterocycles. The van der Waals surface area contributed by atoms with E-state index in [0.29, 0.717) is 12.0 Å². The second-order valence-electron chi connectivity index (χ2n) is 7.49. The number of nitrogens with zero attached hydrogens (tertiary/aromatic N) is 2. The molecule has 2 aliphatic rings. The van der Waals surface area contributed by atoms with Crippen molar-refractivity contribution in [2.45, 2.75) is 38.5 Å². The van der Waals surface area contributed by atoms with Crippen molar-refractivity contribution in [3.05, 3.63) is 24.2 Å². The Bertz CT molecular complexity index is 477. The van der Waals surface area contributed by atoms with Gasteiger partial charge in [0.15, 0.2) is 0 Å². The average molecular weight is 322 g/mol.